The van der Waals surface area contributed by atoms with Crippen molar-refractivity contribution in [2.75, 3.05) is 11.1 Å². The molecule has 3 N–H and O–H groups in total. The normalized spacial score (nSPS) is 14.5. The number of anilines is 1. The van der Waals surface area contributed by atoms with Crippen LogP contribution in [0.25, 0.3) is 0 Å². The highest BCUT2D eigenvalue weighted by Gasteiger charge is 2.42. The monoisotopic (exact) mass is 526 g/mol. The molecule has 3 aromatic carbocycles. The fourth-order valence-corrected chi connectivity index (χ4v) is 5.13. The van der Waals surface area contributed by atoms with Crippen molar-refractivity contribution >= 4 is 15.5 Å². The summed E-state index contributed by atoms with van der Waals surface area (Å²) < 4.78 is 92.5. The average molecular weight is 526 g/mol. The number of sulfone groups is 1. The van der Waals surface area contributed by atoms with E-state index in [4.69, 9.17) is 5.26 Å². The summed E-state index contributed by atoms with van der Waals surface area (Å²) in [6.45, 7) is 0. The van der Waals surface area contributed by atoms with Crippen LogP contribution in [0, 0.1) is 23.0 Å². The molecular weight excluding hydrogens is 507 g/mol. The Labute approximate surface area is 203 Å². The molecule has 0 heterocycles. The van der Waals surface area contributed by atoms with E-state index in [9.17, 15) is 40.6 Å². The Morgan fingerprint density at radius 2 is 1.50 bits per heavy atom. The quantitative estimate of drug-likeness (QED) is 0.232. The zero-order valence-corrected chi connectivity index (χ0v) is 19.1. The lowest BCUT2D eigenvalue weighted by Gasteiger charge is -2.34. The van der Waals surface area contributed by atoms with Gasteiger partial charge in [0.1, 0.15) is 17.2 Å². The maximum absolute atomic E-state index is 13.3. The highest BCUT2D eigenvalue weighted by atomic mass is 32.2. The lowest BCUT2D eigenvalue weighted by molar-refractivity contribution is -0.137. The number of nitrogens with zero attached hydrogens (tertiary/aromatic N) is 1. The van der Waals surface area contributed by atoms with Gasteiger partial charge in [0, 0.05) is 12.1 Å². The van der Waals surface area contributed by atoms with Crippen molar-refractivity contribution in [1.82, 2.24) is 0 Å². The number of halogens is 5. The van der Waals surface area contributed by atoms with Gasteiger partial charge in [-0.25, -0.2) is 17.2 Å². The Balaban J connectivity index is 1.99. The molecule has 6 nitrogen and oxygen atoms in total. The van der Waals surface area contributed by atoms with Crippen LogP contribution in [0.1, 0.15) is 16.7 Å². The highest BCUT2D eigenvalue weighted by molar-refractivity contribution is 7.91. The molecule has 0 amide bonds. The predicted molar refractivity (Wildman–Crippen MR) is 119 cm³/mol. The van der Waals surface area contributed by atoms with Crippen LogP contribution in [0.5, 0.6) is 0 Å². The third kappa shape index (κ3) is 6.37. The first-order chi connectivity index (χ1) is 16.7. The van der Waals surface area contributed by atoms with E-state index in [1.54, 1.807) is 0 Å². The Morgan fingerprint density at radius 3 is 2.03 bits per heavy atom. The predicted octanol–water partition coefficient (Wildman–Crippen LogP) is 4.03. The van der Waals surface area contributed by atoms with Gasteiger partial charge in [0.2, 0.25) is 0 Å². The number of aliphatic hydroxyl groups is 2. The molecule has 36 heavy (non-hydrogen) atoms. The minimum absolute atomic E-state index is 0.213. The molecule has 2 unspecified atom stereocenters. The van der Waals surface area contributed by atoms with Gasteiger partial charge >= 0.3 is 6.18 Å². The molecule has 3 aromatic rings. The Bertz CT molecular complexity index is 1370. The summed E-state index contributed by atoms with van der Waals surface area (Å²) in [7, 11) is -4.36. The van der Waals surface area contributed by atoms with E-state index in [2.05, 4.69) is 5.32 Å². The Hall–Kier alpha value is -3.53. The number of rotatable bonds is 8. The molecule has 0 bridgehead atoms. The largest absolute Gasteiger partial charge is 0.417 e. The Morgan fingerprint density at radius 1 is 0.944 bits per heavy atom. The summed E-state index contributed by atoms with van der Waals surface area (Å²) in [4.78, 5) is -0.369. The molecule has 0 saturated heterocycles. The minimum Gasteiger partial charge on any atom is -0.384 e. The number of benzene rings is 3. The number of nitriles is 1. The topological polar surface area (TPSA) is 110 Å². The summed E-state index contributed by atoms with van der Waals surface area (Å²) in [5.41, 5.74) is -4.67. The van der Waals surface area contributed by atoms with Crippen molar-refractivity contribution in [2.24, 2.45) is 0 Å². The Kier molecular flexibility index (Phi) is 7.68. The van der Waals surface area contributed by atoms with Gasteiger partial charge < -0.3 is 15.5 Å². The van der Waals surface area contributed by atoms with Crippen molar-refractivity contribution in [3.8, 4) is 6.07 Å². The van der Waals surface area contributed by atoms with E-state index in [1.807, 2.05) is 0 Å². The standard InChI is InChI=1S/C24H19F5N2O4S/c25-17-4-1-15(2-5-17)12-23(33,14-36(34,35)20-9-6-18(26)7-10-20)22(32)31-19-8-3-16(13-30)21(11-19)24(27,28)29/h1-11,22,31-33H,12,14H2. The van der Waals surface area contributed by atoms with Crippen LogP contribution in [-0.4, -0.2) is 36.2 Å². The van der Waals surface area contributed by atoms with Gasteiger partial charge in [-0.1, -0.05) is 12.1 Å². The third-order valence-corrected chi connectivity index (χ3v) is 7.16. The second-order valence-corrected chi connectivity index (χ2v) is 10.0. The highest BCUT2D eigenvalue weighted by Crippen LogP contribution is 2.34. The first kappa shape index (κ1) is 27.1. The van der Waals surface area contributed by atoms with Gasteiger partial charge in [0.15, 0.2) is 16.1 Å². The molecule has 0 radical (unpaired) electrons. The molecular formula is C24H19F5N2O4S. The second-order valence-electron chi connectivity index (χ2n) is 8.04. The summed E-state index contributed by atoms with van der Waals surface area (Å²) in [5.74, 6) is -2.45. The van der Waals surface area contributed by atoms with Crippen molar-refractivity contribution in [2.45, 2.75) is 29.3 Å². The molecule has 2 atom stereocenters. The molecule has 0 saturated carbocycles. The third-order valence-electron chi connectivity index (χ3n) is 5.29. The van der Waals surface area contributed by atoms with E-state index in [0.717, 1.165) is 48.5 Å². The molecule has 0 spiro atoms. The number of nitrogens with one attached hydrogen (secondary N) is 1. The molecule has 190 valence electrons. The summed E-state index contributed by atoms with van der Waals surface area (Å²) in [6.07, 6.45) is -7.60. The lowest BCUT2D eigenvalue weighted by Crippen LogP contribution is -2.53. The lowest BCUT2D eigenvalue weighted by atomic mass is 9.94. The van der Waals surface area contributed by atoms with E-state index in [-0.39, 0.29) is 16.1 Å². The van der Waals surface area contributed by atoms with Crippen LogP contribution >= 0.6 is 0 Å². The van der Waals surface area contributed by atoms with E-state index < -0.39 is 62.8 Å². The van der Waals surface area contributed by atoms with Crippen molar-refractivity contribution in [1.29, 1.82) is 5.26 Å². The van der Waals surface area contributed by atoms with Crippen molar-refractivity contribution in [3.05, 3.63) is 95.1 Å². The molecule has 0 aromatic heterocycles. The maximum atomic E-state index is 13.3. The van der Waals surface area contributed by atoms with E-state index in [1.165, 1.54) is 18.2 Å². The fraction of sp³-hybridized carbons (Fsp3) is 0.208. The number of alkyl halides is 3. The molecule has 12 heteroatoms. The fourth-order valence-electron chi connectivity index (χ4n) is 3.49. The van der Waals surface area contributed by atoms with Crippen LogP contribution in [0.4, 0.5) is 27.6 Å². The van der Waals surface area contributed by atoms with Gasteiger partial charge in [-0.15, -0.1) is 0 Å². The van der Waals surface area contributed by atoms with Gasteiger partial charge in [0.05, 0.1) is 27.8 Å². The first-order valence-electron chi connectivity index (χ1n) is 10.2. The van der Waals surface area contributed by atoms with Gasteiger partial charge in [-0.3, -0.25) is 0 Å². The average Bonchev–Trinajstić information content (AvgIpc) is 2.80. The SMILES string of the molecule is N#Cc1ccc(NC(O)C(O)(Cc2ccc(F)cc2)CS(=O)(=O)c2ccc(F)cc2)cc1C(F)(F)F. The number of hydrogen-bond acceptors (Lipinski definition) is 6. The molecule has 0 aliphatic rings. The zero-order chi connectivity index (χ0) is 26.7. The summed E-state index contributed by atoms with van der Waals surface area (Å²) in [5, 5.41) is 33.3. The van der Waals surface area contributed by atoms with Crippen molar-refractivity contribution in [3.63, 3.8) is 0 Å². The number of aliphatic hydroxyl groups excluding tert-OH is 1. The summed E-state index contributed by atoms with van der Waals surface area (Å²) >= 11 is 0. The number of hydrogen-bond donors (Lipinski definition) is 3. The van der Waals surface area contributed by atoms with Crippen LogP contribution in [-0.2, 0) is 22.4 Å². The first-order valence-corrected chi connectivity index (χ1v) is 11.9. The van der Waals surface area contributed by atoms with Gasteiger partial charge in [0.25, 0.3) is 0 Å². The molecule has 3 rings (SSSR count). The molecule has 0 aliphatic heterocycles. The van der Waals surface area contributed by atoms with E-state index in [0.29, 0.717) is 6.07 Å². The zero-order valence-electron chi connectivity index (χ0n) is 18.3. The maximum Gasteiger partial charge on any atom is 0.417 e. The molecule has 0 fully saturated rings. The second kappa shape index (κ2) is 10.2. The van der Waals surface area contributed by atoms with Crippen LogP contribution < -0.4 is 5.32 Å². The minimum atomic E-state index is -4.90. The summed E-state index contributed by atoms with van der Waals surface area (Å²) in [6, 6.07) is 12.1. The van der Waals surface area contributed by atoms with Crippen LogP contribution in [0.2, 0.25) is 0 Å². The van der Waals surface area contributed by atoms with Crippen LogP contribution in [0.3, 0.4) is 0 Å². The van der Waals surface area contributed by atoms with Crippen LogP contribution in [0.15, 0.2) is 71.6 Å². The van der Waals surface area contributed by atoms with E-state index >= 15 is 0 Å². The smallest absolute Gasteiger partial charge is 0.384 e. The van der Waals surface area contributed by atoms with Gasteiger partial charge in [-0.05, 0) is 60.2 Å². The van der Waals surface area contributed by atoms with Crippen molar-refractivity contribution < 1.29 is 40.6 Å². The van der Waals surface area contributed by atoms with Gasteiger partial charge in [-0.2, -0.15) is 18.4 Å². The molecule has 0 aliphatic carbocycles.